The molecule has 168 valence electrons. The van der Waals surface area contributed by atoms with Crippen molar-refractivity contribution in [1.29, 1.82) is 0 Å². The summed E-state index contributed by atoms with van der Waals surface area (Å²) in [6, 6.07) is 10.1. The Morgan fingerprint density at radius 2 is 1.71 bits per heavy atom. The van der Waals surface area contributed by atoms with Gasteiger partial charge in [-0.25, -0.2) is 8.42 Å². The Morgan fingerprint density at radius 3 is 2.26 bits per heavy atom. The molecule has 0 unspecified atom stereocenters. The number of halogens is 3. The molecule has 0 saturated heterocycles. The number of rotatable bonds is 8. The third-order valence-electron chi connectivity index (χ3n) is 4.54. The molecule has 0 aliphatic heterocycles. The first kappa shape index (κ1) is 25.3. The molecule has 1 atom stereocenters. The van der Waals surface area contributed by atoms with Crippen LogP contribution in [0.25, 0.3) is 0 Å². The number of sulfonamides is 1. The highest BCUT2D eigenvalue weighted by molar-refractivity contribution is 7.92. The van der Waals surface area contributed by atoms with E-state index < -0.39 is 34.4 Å². The van der Waals surface area contributed by atoms with Crippen LogP contribution in [0.4, 0.5) is 5.69 Å². The maximum absolute atomic E-state index is 13.2. The summed E-state index contributed by atoms with van der Waals surface area (Å²) in [4.78, 5) is 26.8. The number of nitrogens with one attached hydrogen (secondary N) is 1. The SMILES string of the molecule is CNC(=O)[C@@H](C)N(Cc1ccc(Cl)cc1Cl)C(=O)CN(c1cccc(Cl)c1)S(C)(=O)=O. The number of nitrogens with zero attached hydrogens (tertiary/aromatic N) is 2. The van der Waals surface area contributed by atoms with Gasteiger partial charge in [-0.15, -0.1) is 0 Å². The zero-order valence-corrected chi connectivity index (χ0v) is 20.2. The summed E-state index contributed by atoms with van der Waals surface area (Å²) in [5.41, 5.74) is 0.796. The van der Waals surface area contributed by atoms with E-state index in [2.05, 4.69) is 5.32 Å². The van der Waals surface area contributed by atoms with E-state index >= 15 is 0 Å². The van der Waals surface area contributed by atoms with Crippen LogP contribution in [0.2, 0.25) is 15.1 Å². The van der Waals surface area contributed by atoms with Crippen molar-refractivity contribution < 1.29 is 18.0 Å². The van der Waals surface area contributed by atoms with Gasteiger partial charge in [-0.1, -0.05) is 46.9 Å². The van der Waals surface area contributed by atoms with Gasteiger partial charge >= 0.3 is 0 Å². The molecule has 0 radical (unpaired) electrons. The van der Waals surface area contributed by atoms with E-state index in [1.165, 1.54) is 30.1 Å². The number of amides is 2. The second-order valence-electron chi connectivity index (χ2n) is 6.80. The Balaban J connectivity index is 2.41. The zero-order chi connectivity index (χ0) is 23.3. The molecule has 0 saturated carbocycles. The number of hydrogen-bond acceptors (Lipinski definition) is 4. The lowest BCUT2D eigenvalue weighted by atomic mass is 10.1. The third-order valence-corrected chi connectivity index (χ3v) is 6.51. The van der Waals surface area contributed by atoms with E-state index in [1.54, 1.807) is 31.2 Å². The summed E-state index contributed by atoms with van der Waals surface area (Å²) in [6.07, 6.45) is 0.990. The second kappa shape index (κ2) is 10.5. The lowest BCUT2D eigenvalue weighted by molar-refractivity contribution is -0.139. The van der Waals surface area contributed by atoms with Gasteiger partial charge < -0.3 is 10.2 Å². The zero-order valence-electron chi connectivity index (χ0n) is 17.1. The Morgan fingerprint density at radius 1 is 1.06 bits per heavy atom. The van der Waals surface area contributed by atoms with Crippen molar-refractivity contribution in [2.75, 3.05) is 24.2 Å². The number of likely N-dealkylation sites (N-methyl/N-ethyl adjacent to an activating group) is 1. The highest BCUT2D eigenvalue weighted by atomic mass is 35.5. The van der Waals surface area contributed by atoms with E-state index in [0.29, 0.717) is 20.6 Å². The lowest BCUT2D eigenvalue weighted by Crippen LogP contribution is -2.50. The van der Waals surface area contributed by atoms with Crippen molar-refractivity contribution in [3.8, 4) is 0 Å². The molecule has 0 heterocycles. The van der Waals surface area contributed by atoms with Gasteiger partial charge in [0.15, 0.2) is 0 Å². The lowest BCUT2D eigenvalue weighted by Gasteiger charge is -2.31. The quantitative estimate of drug-likeness (QED) is 0.593. The van der Waals surface area contributed by atoms with Gasteiger partial charge in [-0.2, -0.15) is 0 Å². The first-order valence-corrected chi connectivity index (χ1v) is 12.1. The number of carbonyl (C=O) groups is 2. The van der Waals surface area contributed by atoms with Gasteiger partial charge in [0, 0.05) is 28.7 Å². The summed E-state index contributed by atoms with van der Waals surface area (Å²) < 4.78 is 25.8. The van der Waals surface area contributed by atoms with Crippen LogP contribution in [0, 0.1) is 0 Å². The maximum atomic E-state index is 13.2. The molecule has 0 aliphatic rings. The number of hydrogen-bond donors (Lipinski definition) is 1. The Bertz CT molecular complexity index is 1080. The molecule has 2 aromatic rings. The minimum Gasteiger partial charge on any atom is -0.357 e. The van der Waals surface area contributed by atoms with Crippen LogP contribution in [0.3, 0.4) is 0 Å². The van der Waals surface area contributed by atoms with E-state index in [9.17, 15) is 18.0 Å². The van der Waals surface area contributed by atoms with Gasteiger partial charge in [0.05, 0.1) is 11.9 Å². The topological polar surface area (TPSA) is 86.8 Å². The molecule has 11 heteroatoms. The molecule has 2 aromatic carbocycles. The first-order valence-electron chi connectivity index (χ1n) is 9.12. The third kappa shape index (κ3) is 6.74. The van der Waals surface area contributed by atoms with E-state index in [-0.39, 0.29) is 12.2 Å². The van der Waals surface area contributed by atoms with Crippen LogP contribution in [0.15, 0.2) is 42.5 Å². The molecular weight excluding hydrogens is 485 g/mol. The van der Waals surface area contributed by atoms with Crippen molar-refractivity contribution in [1.82, 2.24) is 10.2 Å². The normalized spacial score (nSPS) is 12.2. The maximum Gasteiger partial charge on any atom is 0.244 e. The monoisotopic (exact) mass is 505 g/mol. The molecule has 7 nitrogen and oxygen atoms in total. The van der Waals surface area contributed by atoms with Gasteiger partial charge in [-0.05, 0) is 42.8 Å². The van der Waals surface area contributed by atoms with Gasteiger partial charge in [0.25, 0.3) is 0 Å². The van der Waals surface area contributed by atoms with Crippen molar-refractivity contribution in [3.05, 3.63) is 63.1 Å². The smallest absolute Gasteiger partial charge is 0.244 e. The van der Waals surface area contributed by atoms with Gasteiger partial charge in [-0.3, -0.25) is 13.9 Å². The number of carbonyl (C=O) groups excluding carboxylic acids is 2. The molecule has 0 spiro atoms. The van der Waals surface area contributed by atoms with Gasteiger partial charge in [0.1, 0.15) is 12.6 Å². The molecular formula is C20H22Cl3N3O4S. The Kier molecular flexibility index (Phi) is 8.59. The van der Waals surface area contributed by atoms with Crippen molar-refractivity contribution in [3.63, 3.8) is 0 Å². The summed E-state index contributed by atoms with van der Waals surface area (Å²) in [7, 11) is -2.37. The van der Waals surface area contributed by atoms with E-state index in [1.807, 2.05) is 0 Å². The summed E-state index contributed by atoms with van der Waals surface area (Å²) in [6.45, 7) is 1.01. The fourth-order valence-corrected chi connectivity index (χ4v) is 4.36. The number of benzene rings is 2. The van der Waals surface area contributed by atoms with Crippen molar-refractivity contribution in [2.24, 2.45) is 0 Å². The molecule has 31 heavy (non-hydrogen) atoms. The Labute approximate surface area is 196 Å². The molecule has 0 aliphatic carbocycles. The van der Waals surface area contributed by atoms with Crippen LogP contribution in [-0.4, -0.2) is 51.0 Å². The van der Waals surface area contributed by atoms with Crippen molar-refractivity contribution >= 4 is 62.3 Å². The van der Waals surface area contributed by atoms with E-state index in [0.717, 1.165) is 10.6 Å². The van der Waals surface area contributed by atoms with Crippen LogP contribution >= 0.6 is 34.8 Å². The summed E-state index contributed by atoms with van der Waals surface area (Å²) in [5.74, 6) is -1.00. The van der Waals surface area contributed by atoms with Gasteiger partial charge in [0.2, 0.25) is 21.8 Å². The highest BCUT2D eigenvalue weighted by Gasteiger charge is 2.30. The minimum absolute atomic E-state index is 0.0173. The standard InChI is InChI=1S/C20H22Cl3N3O4S/c1-13(20(28)24-2)25(11-14-7-8-16(22)10-18(14)23)19(27)12-26(31(3,29)30)17-6-4-5-15(21)9-17/h4-10,13H,11-12H2,1-3H3,(H,24,28)/t13-/m1/s1. The summed E-state index contributed by atoms with van der Waals surface area (Å²) in [5, 5.41) is 3.57. The van der Waals surface area contributed by atoms with E-state index in [4.69, 9.17) is 34.8 Å². The summed E-state index contributed by atoms with van der Waals surface area (Å²) >= 11 is 18.2. The molecule has 2 amide bonds. The first-order chi connectivity index (χ1) is 14.4. The largest absolute Gasteiger partial charge is 0.357 e. The van der Waals surface area contributed by atoms with Crippen LogP contribution in [-0.2, 0) is 26.2 Å². The fraction of sp³-hybridized carbons (Fsp3) is 0.300. The van der Waals surface area contributed by atoms with Crippen LogP contribution in [0.1, 0.15) is 12.5 Å². The second-order valence-corrected chi connectivity index (χ2v) is 9.98. The van der Waals surface area contributed by atoms with Crippen molar-refractivity contribution in [2.45, 2.75) is 19.5 Å². The molecule has 2 rings (SSSR count). The fourth-order valence-electron chi connectivity index (χ4n) is 2.87. The predicted octanol–water partition coefficient (Wildman–Crippen LogP) is 3.58. The molecule has 0 aromatic heterocycles. The average Bonchev–Trinajstić information content (AvgIpc) is 2.69. The average molecular weight is 507 g/mol. The Hall–Kier alpha value is -2.00. The van der Waals surface area contributed by atoms with Crippen LogP contribution in [0.5, 0.6) is 0 Å². The van der Waals surface area contributed by atoms with Crippen LogP contribution < -0.4 is 9.62 Å². The molecule has 1 N–H and O–H groups in total. The minimum atomic E-state index is -3.82. The predicted molar refractivity (Wildman–Crippen MR) is 124 cm³/mol. The number of anilines is 1. The molecule has 0 fully saturated rings. The highest BCUT2D eigenvalue weighted by Crippen LogP contribution is 2.25. The molecule has 0 bridgehead atoms.